The fourth-order valence-electron chi connectivity index (χ4n) is 1.89. The monoisotopic (exact) mass is 272 g/mol. The van der Waals surface area contributed by atoms with Gasteiger partial charge in [0.05, 0.1) is 5.56 Å². The highest BCUT2D eigenvalue weighted by Crippen LogP contribution is 2.27. The number of aldehydes is 1. The molecule has 0 saturated heterocycles. The normalized spacial score (nSPS) is 10.6. The van der Waals surface area contributed by atoms with Gasteiger partial charge in [-0.1, -0.05) is 24.3 Å². The molecule has 0 bridgehead atoms. The highest BCUT2D eigenvalue weighted by Gasteiger charge is 2.10. The Morgan fingerprint density at radius 3 is 2.45 bits per heavy atom. The first-order valence-corrected chi connectivity index (χ1v) is 6.16. The minimum absolute atomic E-state index is 0.445. The van der Waals surface area contributed by atoms with Crippen molar-refractivity contribution in [3.8, 4) is 11.5 Å². The van der Waals surface area contributed by atoms with Crippen LogP contribution in [0, 0.1) is 0 Å². The first-order valence-electron chi connectivity index (χ1n) is 6.16. The van der Waals surface area contributed by atoms with Crippen molar-refractivity contribution in [1.82, 2.24) is 0 Å². The molecule has 2 rings (SSSR count). The molecule has 0 amide bonds. The molecule has 104 valence electrons. The summed E-state index contributed by atoms with van der Waals surface area (Å²) in [5.74, 6) is 1.14. The third-order valence-electron chi connectivity index (χ3n) is 2.83. The van der Waals surface area contributed by atoms with E-state index in [1.807, 2.05) is 30.3 Å². The molecule has 2 aromatic rings. The number of para-hydroxylation sites is 1. The van der Waals surface area contributed by atoms with E-state index in [2.05, 4.69) is 0 Å². The van der Waals surface area contributed by atoms with E-state index in [1.165, 1.54) is 0 Å². The zero-order valence-corrected chi connectivity index (χ0v) is 11.4. The van der Waals surface area contributed by atoms with Gasteiger partial charge in [-0.3, -0.25) is 4.79 Å². The summed E-state index contributed by atoms with van der Waals surface area (Å²) >= 11 is 0. The van der Waals surface area contributed by atoms with Crippen molar-refractivity contribution < 1.29 is 19.0 Å². The van der Waals surface area contributed by atoms with Crippen molar-refractivity contribution in [3.05, 3.63) is 59.7 Å². The third-order valence-corrected chi connectivity index (χ3v) is 2.83. The Morgan fingerprint density at radius 1 is 1.00 bits per heavy atom. The standard InChI is InChI=1S/C16H16O4/c1-18-16(19-2)12-7-5-8-14(10-12)20-15-9-4-3-6-13(15)11-17/h3-11,16H,1-2H3. The van der Waals surface area contributed by atoms with Crippen molar-refractivity contribution in [2.24, 2.45) is 0 Å². The number of carbonyl (C=O) groups is 1. The second-order valence-electron chi connectivity index (χ2n) is 4.13. The van der Waals surface area contributed by atoms with Crippen LogP contribution in [0.5, 0.6) is 11.5 Å². The molecule has 0 saturated carbocycles. The summed E-state index contributed by atoms with van der Waals surface area (Å²) in [6.07, 6.45) is 0.326. The molecule has 0 aliphatic heterocycles. The number of rotatable bonds is 6. The van der Waals surface area contributed by atoms with Gasteiger partial charge in [0.15, 0.2) is 12.6 Å². The third kappa shape index (κ3) is 3.23. The van der Waals surface area contributed by atoms with Gasteiger partial charge in [-0.25, -0.2) is 0 Å². The van der Waals surface area contributed by atoms with Gasteiger partial charge < -0.3 is 14.2 Å². The molecular weight excluding hydrogens is 256 g/mol. The summed E-state index contributed by atoms with van der Waals surface area (Å²) in [5.41, 5.74) is 1.35. The molecule has 0 aliphatic rings. The summed E-state index contributed by atoms with van der Waals surface area (Å²) in [5, 5.41) is 0. The summed E-state index contributed by atoms with van der Waals surface area (Å²) in [6.45, 7) is 0. The molecule has 0 radical (unpaired) electrons. The molecule has 0 N–H and O–H groups in total. The molecule has 0 heterocycles. The lowest BCUT2D eigenvalue weighted by Crippen LogP contribution is -2.03. The van der Waals surface area contributed by atoms with Gasteiger partial charge in [0.25, 0.3) is 0 Å². The van der Waals surface area contributed by atoms with Crippen molar-refractivity contribution in [3.63, 3.8) is 0 Å². The first-order chi connectivity index (χ1) is 9.78. The van der Waals surface area contributed by atoms with E-state index in [0.717, 1.165) is 11.8 Å². The quantitative estimate of drug-likeness (QED) is 0.595. The predicted molar refractivity (Wildman–Crippen MR) is 75.1 cm³/mol. The molecule has 4 heteroatoms. The maximum absolute atomic E-state index is 11.0. The van der Waals surface area contributed by atoms with Crippen LogP contribution in [-0.2, 0) is 9.47 Å². The van der Waals surface area contributed by atoms with Gasteiger partial charge in [-0.2, -0.15) is 0 Å². The van der Waals surface area contributed by atoms with Gasteiger partial charge in [-0.15, -0.1) is 0 Å². The van der Waals surface area contributed by atoms with E-state index in [0.29, 0.717) is 17.1 Å². The van der Waals surface area contributed by atoms with Crippen LogP contribution < -0.4 is 4.74 Å². The Hall–Kier alpha value is -2.17. The van der Waals surface area contributed by atoms with E-state index in [1.54, 1.807) is 32.4 Å². The van der Waals surface area contributed by atoms with Crippen LogP contribution in [0.2, 0.25) is 0 Å². The van der Waals surface area contributed by atoms with Gasteiger partial charge in [-0.05, 0) is 24.3 Å². The molecule has 4 nitrogen and oxygen atoms in total. The van der Waals surface area contributed by atoms with Crippen LogP contribution in [0.3, 0.4) is 0 Å². The van der Waals surface area contributed by atoms with E-state index in [9.17, 15) is 4.79 Å². The van der Waals surface area contributed by atoms with Crippen LogP contribution in [0.25, 0.3) is 0 Å². The zero-order valence-electron chi connectivity index (χ0n) is 11.4. The molecule has 2 aromatic carbocycles. The molecule has 0 aliphatic carbocycles. The van der Waals surface area contributed by atoms with Gasteiger partial charge in [0, 0.05) is 19.8 Å². The second kappa shape index (κ2) is 6.84. The van der Waals surface area contributed by atoms with Gasteiger partial charge >= 0.3 is 0 Å². The summed E-state index contributed by atoms with van der Waals surface area (Å²) in [7, 11) is 3.15. The zero-order chi connectivity index (χ0) is 14.4. The molecule has 0 atom stereocenters. The van der Waals surface area contributed by atoms with Crippen molar-refractivity contribution in [2.75, 3.05) is 14.2 Å². The lowest BCUT2D eigenvalue weighted by atomic mass is 10.2. The highest BCUT2D eigenvalue weighted by atomic mass is 16.7. The Balaban J connectivity index is 2.25. The average molecular weight is 272 g/mol. The maximum Gasteiger partial charge on any atom is 0.183 e. The lowest BCUT2D eigenvalue weighted by Gasteiger charge is -2.15. The Morgan fingerprint density at radius 2 is 1.75 bits per heavy atom. The molecule has 0 fully saturated rings. The predicted octanol–water partition coefficient (Wildman–Crippen LogP) is 3.58. The Labute approximate surface area is 117 Å². The number of ether oxygens (including phenoxy) is 3. The molecule has 0 aromatic heterocycles. The van der Waals surface area contributed by atoms with Gasteiger partial charge in [0.1, 0.15) is 11.5 Å². The van der Waals surface area contributed by atoms with Crippen LogP contribution in [0.4, 0.5) is 0 Å². The topological polar surface area (TPSA) is 44.8 Å². The SMILES string of the molecule is COC(OC)c1cccc(Oc2ccccc2C=O)c1. The summed E-state index contributed by atoms with van der Waals surface area (Å²) < 4.78 is 16.1. The minimum atomic E-state index is -0.445. The van der Waals surface area contributed by atoms with E-state index in [4.69, 9.17) is 14.2 Å². The number of hydrogen-bond donors (Lipinski definition) is 0. The second-order valence-corrected chi connectivity index (χ2v) is 4.13. The highest BCUT2D eigenvalue weighted by molar-refractivity contribution is 5.79. The first kappa shape index (κ1) is 14.2. The van der Waals surface area contributed by atoms with E-state index < -0.39 is 6.29 Å². The van der Waals surface area contributed by atoms with E-state index >= 15 is 0 Å². The Bertz CT molecular complexity index is 576. The van der Waals surface area contributed by atoms with E-state index in [-0.39, 0.29) is 0 Å². The number of benzene rings is 2. The number of methoxy groups -OCH3 is 2. The van der Waals surface area contributed by atoms with Crippen molar-refractivity contribution in [1.29, 1.82) is 0 Å². The van der Waals surface area contributed by atoms with Crippen LogP contribution in [0.15, 0.2) is 48.5 Å². The molecule has 0 unspecified atom stereocenters. The largest absolute Gasteiger partial charge is 0.457 e. The van der Waals surface area contributed by atoms with Crippen LogP contribution in [0.1, 0.15) is 22.2 Å². The number of hydrogen-bond acceptors (Lipinski definition) is 4. The molecule has 20 heavy (non-hydrogen) atoms. The average Bonchev–Trinajstić information content (AvgIpc) is 2.49. The van der Waals surface area contributed by atoms with Gasteiger partial charge in [0.2, 0.25) is 0 Å². The summed E-state index contributed by atoms with van der Waals surface area (Å²) in [6, 6.07) is 14.4. The van der Waals surface area contributed by atoms with Crippen molar-refractivity contribution >= 4 is 6.29 Å². The smallest absolute Gasteiger partial charge is 0.183 e. The van der Waals surface area contributed by atoms with Crippen molar-refractivity contribution in [2.45, 2.75) is 6.29 Å². The molecule has 0 spiro atoms. The number of carbonyl (C=O) groups excluding carboxylic acids is 1. The minimum Gasteiger partial charge on any atom is -0.457 e. The fraction of sp³-hybridized carbons (Fsp3) is 0.188. The maximum atomic E-state index is 11.0. The lowest BCUT2D eigenvalue weighted by molar-refractivity contribution is -0.106. The van der Waals surface area contributed by atoms with Crippen LogP contribution in [-0.4, -0.2) is 20.5 Å². The fourth-order valence-corrected chi connectivity index (χ4v) is 1.89. The molecular formula is C16H16O4. The Kier molecular flexibility index (Phi) is 4.87. The summed E-state index contributed by atoms with van der Waals surface area (Å²) in [4.78, 5) is 11.0. The van der Waals surface area contributed by atoms with Crippen LogP contribution >= 0.6 is 0 Å².